The predicted molar refractivity (Wildman–Crippen MR) is 73.2 cm³/mol. The van der Waals surface area contributed by atoms with Gasteiger partial charge in [0.25, 0.3) is 0 Å². The molecule has 1 aromatic carbocycles. The number of benzene rings is 1. The number of fused-ring (bicyclic) bond motifs is 1. The van der Waals surface area contributed by atoms with Gasteiger partial charge in [-0.15, -0.1) is 0 Å². The van der Waals surface area contributed by atoms with Gasteiger partial charge in [-0.3, -0.25) is 0 Å². The maximum atomic E-state index is 5.66. The Balaban J connectivity index is 1.94. The van der Waals surface area contributed by atoms with Gasteiger partial charge in [0.05, 0.1) is 6.26 Å². The molecule has 4 heteroatoms. The molecule has 0 unspecified atom stereocenters. The lowest BCUT2D eigenvalue weighted by Crippen LogP contribution is -1.87. The van der Waals surface area contributed by atoms with E-state index in [2.05, 4.69) is 27.6 Å². The second-order valence-electron chi connectivity index (χ2n) is 3.53. The van der Waals surface area contributed by atoms with Crippen molar-refractivity contribution in [2.24, 2.45) is 0 Å². The molecule has 0 fully saturated rings. The Bertz CT molecular complexity index is 663. The van der Waals surface area contributed by atoms with Crippen molar-refractivity contribution in [1.82, 2.24) is 4.98 Å². The van der Waals surface area contributed by atoms with E-state index in [0.29, 0.717) is 5.88 Å². The third kappa shape index (κ3) is 2.26. The van der Waals surface area contributed by atoms with E-state index in [0.717, 1.165) is 20.3 Å². The molecule has 0 spiro atoms. The fraction of sp³-hybridized carbons (Fsp3) is 0. The van der Waals surface area contributed by atoms with E-state index >= 15 is 0 Å². The highest BCUT2D eigenvalue weighted by atomic mass is 127. The lowest BCUT2D eigenvalue weighted by molar-refractivity contribution is 0.462. The zero-order chi connectivity index (χ0) is 11.7. The van der Waals surface area contributed by atoms with E-state index < -0.39 is 0 Å². The van der Waals surface area contributed by atoms with Gasteiger partial charge in [-0.2, -0.15) is 0 Å². The SMILES string of the molecule is Ic1ccnc(Oc2ccc3ccoc3c2)c1. The van der Waals surface area contributed by atoms with Crippen molar-refractivity contribution in [1.29, 1.82) is 0 Å². The number of aromatic nitrogens is 1. The molecule has 0 amide bonds. The summed E-state index contributed by atoms with van der Waals surface area (Å²) in [6.07, 6.45) is 3.39. The summed E-state index contributed by atoms with van der Waals surface area (Å²) in [6.45, 7) is 0. The fourth-order valence-corrected chi connectivity index (χ4v) is 1.99. The Morgan fingerprint density at radius 3 is 2.94 bits per heavy atom. The monoisotopic (exact) mass is 337 g/mol. The Morgan fingerprint density at radius 2 is 2.06 bits per heavy atom. The van der Waals surface area contributed by atoms with Crippen LogP contribution in [0.4, 0.5) is 0 Å². The van der Waals surface area contributed by atoms with Gasteiger partial charge in [-0.05, 0) is 46.9 Å². The maximum Gasteiger partial charge on any atom is 0.220 e. The fourth-order valence-electron chi connectivity index (χ4n) is 1.56. The van der Waals surface area contributed by atoms with Crippen LogP contribution in [0.1, 0.15) is 0 Å². The molecule has 3 aromatic rings. The summed E-state index contributed by atoms with van der Waals surface area (Å²) in [5.41, 5.74) is 0.813. The van der Waals surface area contributed by atoms with Gasteiger partial charge in [0.1, 0.15) is 11.3 Å². The summed E-state index contributed by atoms with van der Waals surface area (Å²) in [6, 6.07) is 11.4. The standard InChI is InChI=1S/C13H8INO2/c14-10-3-5-15-13(7-10)17-11-2-1-9-4-6-16-12(9)8-11/h1-8H. The summed E-state index contributed by atoms with van der Waals surface area (Å²) >= 11 is 2.22. The number of pyridine rings is 1. The van der Waals surface area contributed by atoms with Crippen LogP contribution < -0.4 is 4.74 Å². The van der Waals surface area contributed by atoms with E-state index in [1.807, 2.05) is 36.4 Å². The minimum absolute atomic E-state index is 0.586. The van der Waals surface area contributed by atoms with Crippen molar-refractivity contribution in [2.75, 3.05) is 0 Å². The van der Waals surface area contributed by atoms with Gasteiger partial charge in [0.15, 0.2) is 0 Å². The van der Waals surface area contributed by atoms with Crippen LogP contribution in [0, 0.1) is 3.57 Å². The molecule has 0 saturated heterocycles. The van der Waals surface area contributed by atoms with E-state index in [-0.39, 0.29) is 0 Å². The first-order valence-corrected chi connectivity index (χ1v) is 6.16. The van der Waals surface area contributed by atoms with Crippen LogP contribution in [0.2, 0.25) is 0 Å². The van der Waals surface area contributed by atoms with Crippen LogP contribution in [0.5, 0.6) is 11.6 Å². The second-order valence-corrected chi connectivity index (χ2v) is 4.78. The number of ether oxygens (including phenoxy) is 1. The highest BCUT2D eigenvalue weighted by Gasteiger charge is 2.02. The number of nitrogens with zero attached hydrogens (tertiary/aromatic N) is 1. The molecule has 3 nitrogen and oxygen atoms in total. The second kappa shape index (κ2) is 4.37. The average molecular weight is 337 g/mol. The van der Waals surface area contributed by atoms with E-state index in [4.69, 9.17) is 9.15 Å². The quantitative estimate of drug-likeness (QED) is 0.657. The minimum Gasteiger partial charge on any atom is -0.464 e. The molecule has 2 heterocycles. The van der Waals surface area contributed by atoms with Gasteiger partial charge in [-0.25, -0.2) is 4.98 Å². The molecule has 0 saturated carbocycles. The van der Waals surface area contributed by atoms with Crippen molar-refractivity contribution in [3.63, 3.8) is 0 Å². The molecular weight excluding hydrogens is 329 g/mol. The molecule has 0 aliphatic carbocycles. The summed E-state index contributed by atoms with van der Waals surface area (Å²) in [4.78, 5) is 4.14. The summed E-state index contributed by atoms with van der Waals surface area (Å²) in [7, 11) is 0. The zero-order valence-electron chi connectivity index (χ0n) is 8.76. The average Bonchev–Trinajstić information content (AvgIpc) is 2.76. The minimum atomic E-state index is 0.586. The van der Waals surface area contributed by atoms with E-state index in [1.54, 1.807) is 12.5 Å². The van der Waals surface area contributed by atoms with Crippen LogP contribution in [0.15, 0.2) is 53.3 Å². The van der Waals surface area contributed by atoms with Gasteiger partial charge < -0.3 is 9.15 Å². The van der Waals surface area contributed by atoms with Gasteiger partial charge >= 0.3 is 0 Å². The molecule has 0 aliphatic heterocycles. The molecule has 0 bridgehead atoms. The predicted octanol–water partition coefficient (Wildman–Crippen LogP) is 4.22. The molecule has 0 atom stereocenters. The Kier molecular flexibility index (Phi) is 2.72. The number of hydrogen-bond donors (Lipinski definition) is 0. The number of furan rings is 1. The lowest BCUT2D eigenvalue weighted by atomic mass is 10.2. The van der Waals surface area contributed by atoms with Crippen LogP contribution in [-0.4, -0.2) is 4.98 Å². The van der Waals surface area contributed by atoms with Crippen molar-refractivity contribution >= 4 is 33.6 Å². The molecule has 0 radical (unpaired) electrons. The summed E-state index contributed by atoms with van der Waals surface area (Å²) in [5.74, 6) is 1.31. The number of halogens is 1. The Labute approximate surface area is 112 Å². The maximum absolute atomic E-state index is 5.66. The van der Waals surface area contributed by atoms with Crippen LogP contribution in [-0.2, 0) is 0 Å². The molecule has 0 aliphatic rings. The Hall–Kier alpha value is -1.56. The molecule has 84 valence electrons. The van der Waals surface area contributed by atoms with Gasteiger partial charge in [0.2, 0.25) is 5.88 Å². The van der Waals surface area contributed by atoms with Crippen LogP contribution in [0.3, 0.4) is 0 Å². The lowest BCUT2D eigenvalue weighted by Gasteiger charge is -2.04. The van der Waals surface area contributed by atoms with Crippen molar-refractivity contribution in [3.05, 3.63) is 52.4 Å². The molecule has 3 rings (SSSR count). The number of hydrogen-bond acceptors (Lipinski definition) is 3. The first kappa shape index (κ1) is 10.6. The molecule has 17 heavy (non-hydrogen) atoms. The normalized spacial score (nSPS) is 10.6. The summed E-state index contributed by atoms with van der Waals surface area (Å²) in [5, 5.41) is 1.06. The van der Waals surface area contributed by atoms with E-state index in [9.17, 15) is 0 Å². The van der Waals surface area contributed by atoms with Crippen LogP contribution >= 0.6 is 22.6 Å². The van der Waals surface area contributed by atoms with Crippen molar-refractivity contribution < 1.29 is 9.15 Å². The van der Waals surface area contributed by atoms with Crippen molar-refractivity contribution in [3.8, 4) is 11.6 Å². The topological polar surface area (TPSA) is 35.3 Å². The first-order valence-electron chi connectivity index (χ1n) is 5.08. The molecule has 0 N–H and O–H groups in total. The smallest absolute Gasteiger partial charge is 0.220 e. The third-order valence-electron chi connectivity index (χ3n) is 2.35. The largest absolute Gasteiger partial charge is 0.464 e. The highest BCUT2D eigenvalue weighted by molar-refractivity contribution is 14.1. The third-order valence-corrected chi connectivity index (χ3v) is 3.02. The van der Waals surface area contributed by atoms with Crippen LogP contribution in [0.25, 0.3) is 11.0 Å². The molecule has 2 aromatic heterocycles. The number of rotatable bonds is 2. The van der Waals surface area contributed by atoms with Gasteiger partial charge in [0, 0.05) is 27.3 Å². The van der Waals surface area contributed by atoms with E-state index in [1.165, 1.54) is 0 Å². The summed E-state index contributed by atoms with van der Waals surface area (Å²) < 4.78 is 12.1. The van der Waals surface area contributed by atoms with Crippen molar-refractivity contribution in [2.45, 2.75) is 0 Å². The van der Waals surface area contributed by atoms with Gasteiger partial charge in [-0.1, -0.05) is 0 Å². The Morgan fingerprint density at radius 1 is 1.12 bits per heavy atom. The first-order chi connectivity index (χ1) is 8.31. The highest BCUT2D eigenvalue weighted by Crippen LogP contribution is 2.25. The molecular formula is C13H8INO2. The zero-order valence-corrected chi connectivity index (χ0v) is 10.9.